The van der Waals surface area contributed by atoms with Gasteiger partial charge in [0.05, 0.1) is 19.4 Å². The van der Waals surface area contributed by atoms with Crippen LogP contribution in [0.15, 0.2) is 37.6 Å². The fourth-order valence-electron chi connectivity index (χ4n) is 2.39. The van der Waals surface area contributed by atoms with Crippen molar-refractivity contribution in [3.05, 3.63) is 66.0 Å². The molecule has 12 heteroatoms. The summed E-state index contributed by atoms with van der Waals surface area (Å²) in [5.41, 5.74) is -3.70. The number of hydrogen-bond donors (Lipinski definition) is 3. The zero-order chi connectivity index (χ0) is 18.1. The van der Waals surface area contributed by atoms with E-state index in [-0.39, 0.29) is 6.61 Å². The van der Waals surface area contributed by atoms with Gasteiger partial charge in [-0.2, -0.15) is 4.39 Å². The van der Waals surface area contributed by atoms with Crippen molar-refractivity contribution in [3.63, 3.8) is 0 Å². The van der Waals surface area contributed by atoms with E-state index in [1.54, 1.807) is 4.98 Å². The summed E-state index contributed by atoms with van der Waals surface area (Å²) in [6.45, 7) is -0.584. The number of halogens is 1. The summed E-state index contributed by atoms with van der Waals surface area (Å²) in [6, 6.07) is 1.04. The molecular formula is C13H13FN4O7. The van der Waals surface area contributed by atoms with Crippen LogP contribution in [0.5, 0.6) is 0 Å². The molecule has 25 heavy (non-hydrogen) atoms. The van der Waals surface area contributed by atoms with Crippen LogP contribution in [0.3, 0.4) is 0 Å². The van der Waals surface area contributed by atoms with Gasteiger partial charge in [-0.05, 0) is 0 Å². The van der Waals surface area contributed by atoms with E-state index in [0.717, 1.165) is 16.8 Å². The summed E-state index contributed by atoms with van der Waals surface area (Å²) in [5, 5.41) is 9.23. The Labute approximate surface area is 136 Å². The molecule has 3 heterocycles. The minimum Gasteiger partial charge on any atom is -0.394 e. The molecule has 1 aliphatic heterocycles. The van der Waals surface area contributed by atoms with Crippen LogP contribution < -0.4 is 22.5 Å². The minimum atomic E-state index is -1.33. The molecule has 0 bridgehead atoms. The third-order valence-electron chi connectivity index (χ3n) is 3.56. The Morgan fingerprint density at radius 3 is 2.56 bits per heavy atom. The topological polar surface area (TPSA) is 148 Å². The first-order chi connectivity index (χ1) is 11.9. The zero-order valence-electron chi connectivity index (χ0n) is 12.5. The minimum absolute atomic E-state index is 0.150. The van der Waals surface area contributed by atoms with Crippen molar-refractivity contribution in [1.82, 2.24) is 19.1 Å². The number of aromatic amines is 2. The van der Waals surface area contributed by atoms with Crippen LogP contribution in [-0.4, -0.2) is 43.5 Å². The van der Waals surface area contributed by atoms with E-state index >= 15 is 0 Å². The number of aliphatic hydroxyl groups is 1. The molecule has 3 atom stereocenters. The SMILES string of the molecule is O=c1ccn([C@@H]2O[C@H](CO)CO[C@@H]2n2cc(F)c(=O)[nH]c2=O)c(=O)[nH]1. The monoisotopic (exact) mass is 356 g/mol. The lowest BCUT2D eigenvalue weighted by Gasteiger charge is -2.37. The van der Waals surface area contributed by atoms with Gasteiger partial charge in [0.1, 0.15) is 6.10 Å². The number of nitrogens with one attached hydrogen (secondary N) is 2. The van der Waals surface area contributed by atoms with E-state index in [9.17, 15) is 28.7 Å². The lowest BCUT2D eigenvalue weighted by atomic mass is 10.3. The highest BCUT2D eigenvalue weighted by atomic mass is 19.1. The van der Waals surface area contributed by atoms with E-state index in [1.165, 1.54) is 0 Å². The molecule has 0 spiro atoms. The van der Waals surface area contributed by atoms with Gasteiger partial charge in [-0.3, -0.25) is 28.7 Å². The van der Waals surface area contributed by atoms with Crippen molar-refractivity contribution in [2.45, 2.75) is 18.6 Å². The van der Waals surface area contributed by atoms with Crippen LogP contribution in [0.4, 0.5) is 4.39 Å². The Hall–Kier alpha value is -2.83. The van der Waals surface area contributed by atoms with Gasteiger partial charge in [-0.25, -0.2) is 9.59 Å². The maximum Gasteiger partial charge on any atom is 0.330 e. The predicted octanol–water partition coefficient (Wildman–Crippen LogP) is -2.37. The molecule has 0 unspecified atom stereocenters. The normalized spacial score (nSPS) is 23.5. The molecule has 0 amide bonds. The van der Waals surface area contributed by atoms with Gasteiger partial charge >= 0.3 is 11.4 Å². The van der Waals surface area contributed by atoms with Crippen LogP contribution in [-0.2, 0) is 9.47 Å². The van der Waals surface area contributed by atoms with E-state index in [0.29, 0.717) is 10.8 Å². The first-order valence-electron chi connectivity index (χ1n) is 7.11. The predicted molar refractivity (Wildman–Crippen MR) is 78.6 cm³/mol. The molecule has 2 aromatic rings. The number of ether oxygens (including phenoxy) is 2. The zero-order valence-corrected chi connectivity index (χ0v) is 12.5. The summed E-state index contributed by atoms with van der Waals surface area (Å²) < 4.78 is 26.2. The van der Waals surface area contributed by atoms with Crippen molar-refractivity contribution in [2.24, 2.45) is 0 Å². The van der Waals surface area contributed by atoms with Crippen LogP contribution >= 0.6 is 0 Å². The number of rotatable bonds is 3. The summed E-state index contributed by atoms with van der Waals surface area (Å²) in [4.78, 5) is 50.1. The highest BCUT2D eigenvalue weighted by Gasteiger charge is 2.36. The van der Waals surface area contributed by atoms with Crippen molar-refractivity contribution in [3.8, 4) is 0 Å². The third-order valence-corrected chi connectivity index (χ3v) is 3.56. The number of nitrogens with zero attached hydrogens (tertiary/aromatic N) is 2. The van der Waals surface area contributed by atoms with Gasteiger partial charge in [-0.1, -0.05) is 0 Å². The van der Waals surface area contributed by atoms with E-state index < -0.39 is 53.5 Å². The molecule has 3 rings (SSSR count). The lowest BCUT2D eigenvalue weighted by molar-refractivity contribution is -0.245. The average Bonchev–Trinajstić information content (AvgIpc) is 2.58. The molecule has 11 nitrogen and oxygen atoms in total. The molecule has 3 N–H and O–H groups in total. The number of aliphatic hydroxyl groups excluding tert-OH is 1. The first kappa shape index (κ1) is 17.0. The van der Waals surface area contributed by atoms with Gasteiger partial charge in [0, 0.05) is 12.3 Å². The molecule has 2 aromatic heterocycles. The quantitative estimate of drug-likeness (QED) is 0.556. The fraction of sp³-hybridized carbons (Fsp3) is 0.385. The highest BCUT2D eigenvalue weighted by Crippen LogP contribution is 2.29. The molecule has 0 aliphatic carbocycles. The summed E-state index contributed by atoms with van der Waals surface area (Å²) in [6.07, 6.45) is -1.72. The van der Waals surface area contributed by atoms with Crippen LogP contribution in [0.2, 0.25) is 0 Å². The van der Waals surface area contributed by atoms with E-state index in [1.807, 2.05) is 4.98 Å². The third kappa shape index (κ3) is 3.22. The molecule has 134 valence electrons. The Bertz CT molecular complexity index is 1010. The molecule has 0 aromatic carbocycles. The van der Waals surface area contributed by atoms with Crippen molar-refractivity contribution in [1.29, 1.82) is 0 Å². The fourth-order valence-corrected chi connectivity index (χ4v) is 2.39. The van der Waals surface area contributed by atoms with Crippen molar-refractivity contribution >= 4 is 0 Å². The van der Waals surface area contributed by atoms with Crippen molar-refractivity contribution in [2.75, 3.05) is 13.2 Å². The van der Waals surface area contributed by atoms with Gasteiger partial charge in [0.15, 0.2) is 12.5 Å². The summed E-state index contributed by atoms with van der Waals surface area (Å²) in [5.74, 6) is -1.24. The molecule has 1 saturated heterocycles. The second-order valence-electron chi connectivity index (χ2n) is 5.22. The molecule has 1 aliphatic rings. The summed E-state index contributed by atoms with van der Waals surface area (Å²) in [7, 11) is 0. The largest absolute Gasteiger partial charge is 0.394 e. The highest BCUT2D eigenvalue weighted by molar-refractivity contribution is 4.92. The van der Waals surface area contributed by atoms with Gasteiger partial charge < -0.3 is 14.6 Å². The molecular weight excluding hydrogens is 343 g/mol. The maximum atomic E-state index is 13.6. The van der Waals surface area contributed by atoms with Gasteiger partial charge in [-0.15, -0.1) is 0 Å². The standard InChI is InChI=1S/C13H13FN4O7/c14-7-3-18(13(23)16-9(7)21)10-11(25-6(4-19)5-24-10)17-2-1-8(20)15-12(17)22/h1-3,6,10-11,19H,4-5H2,(H,15,20,22)(H,16,21,23)/t6-,10+,11-/m1/s1. The Morgan fingerprint density at radius 2 is 1.88 bits per heavy atom. The molecule has 0 saturated carbocycles. The van der Waals surface area contributed by atoms with Crippen LogP contribution in [0, 0.1) is 5.82 Å². The van der Waals surface area contributed by atoms with E-state index in [2.05, 4.69) is 0 Å². The second-order valence-corrected chi connectivity index (χ2v) is 5.22. The first-order valence-corrected chi connectivity index (χ1v) is 7.11. The van der Waals surface area contributed by atoms with Gasteiger partial charge in [0.2, 0.25) is 5.82 Å². The Balaban J connectivity index is 2.12. The molecule has 1 fully saturated rings. The Kier molecular flexibility index (Phi) is 4.48. The number of aromatic nitrogens is 4. The Morgan fingerprint density at radius 1 is 1.16 bits per heavy atom. The van der Waals surface area contributed by atoms with Crippen LogP contribution in [0.25, 0.3) is 0 Å². The lowest BCUT2D eigenvalue weighted by Crippen LogP contribution is -2.47. The number of H-pyrrole nitrogens is 2. The number of hydrogen-bond acceptors (Lipinski definition) is 7. The summed E-state index contributed by atoms with van der Waals surface area (Å²) >= 11 is 0. The van der Waals surface area contributed by atoms with Crippen LogP contribution in [0.1, 0.15) is 12.5 Å². The second kappa shape index (κ2) is 6.58. The average molecular weight is 356 g/mol. The van der Waals surface area contributed by atoms with Gasteiger partial charge in [0.25, 0.3) is 11.1 Å². The maximum absolute atomic E-state index is 13.6. The molecule has 0 radical (unpaired) electrons. The van der Waals surface area contributed by atoms with E-state index in [4.69, 9.17) is 9.47 Å². The van der Waals surface area contributed by atoms with Crippen molar-refractivity contribution < 1.29 is 19.0 Å². The smallest absolute Gasteiger partial charge is 0.330 e.